The van der Waals surface area contributed by atoms with Crippen molar-refractivity contribution >= 4 is 41.1 Å². The normalized spacial score (nSPS) is 20.8. The van der Waals surface area contributed by atoms with E-state index in [-0.39, 0.29) is 6.04 Å². The lowest BCUT2D eigenvalue weighted by Gasteiger charge is -2.39. The molecule has 1 saturated carbocycles. The summed E-state index contributed by atoms with van der Waals surface area (Å²) in [6, 6.07) is 9.71. The van der Waals surface area contributed by atoms with Crippen LogP contribution in [0.1, 0.15) is 86.7 Å². The molecule has 1 aromatic heterocycles. The first-order valence-electron chi connectivity index (χ1n) is 12.5. The second kappa shape index (κ2) is 9.68. The van der Waals surface area contributed by atoms with Gasteiger partial charge in [-0.2, -0.15) is 0 Å². The molecule has 0 amide bonds. The minimum absolute atomic E-state index is 0.0787. The molecule has 2 aromatic rings. The van der Waals surface area contributed by atoms with Crippen molar-refractivity contribution in [2.24, 2.45) is 0 Å². The van der Waals surface area contributed by atoms with Gasteiger partial charge in [0.25, 0.3) is 0 Å². The lowest BCUT2D eigenvalue weighted by Crippen LogP contribution is -2.49. The molecule has 0 saturated heterocycles. The lowest BCUT2D eigenvalue weighted by atomic mass is 9.91. The van der Waals surface area contributed by atoms with Crippen molar-refractivity contribution in [3.05, 3.63) is 68.3 Å². The molecule has 3 nitrogen and oxygen atoms in total. The van der Waals surface area contributed by atoms with E-state index in [0.29, 0.717) is 12.0 Å². The van der Waals surface area contributed by atoms with E-state index in [1.54, 1.807) is 0 Å². The second-order valence-electron chi connectivity index (χ2n) is 9.97. The van der Waals surface area contributed by atoms with E-state index in [9.17, 15) is 0 Å². The number of halogens is 1. The summed E-state index contributed by atoms with van der Waals surface area (Å²) >= 11 is 12.5. The summed E-state index contributed by atoms with van der Waals surface area (Å²) < 4.78 is 0. The molecule has 33 heavy (non-hydrogen) atoms. The summed E-state index contributed by atoms with van der Waals surface area (Å²) in [6.45, 7) is 5.39. The quantitative estimate of drug-likeness (QED) is 0.579. The first-order chi connectivity index (χ1) is 16.0. The maximum atomic E-state index is 6.47. The number of allylic oxidation sites excluding steroid dienone is 2. The Hall–Kier alpha value is -2.04. The van der Waals surface area contributed by atoms with Crippen LogP contribution in [0.3, 0.4) is 0 Å². The maximum Gasteiger partial charge on any atom is 0.170 e. The van der Waals surface area contributed by atoms with E-state index < -0.39 is 0 Å². The van der Waals surface area contributed by atoms with Crippen molar-refractivity contribution in [2.45, 2.75) is 76.8 Å². The van der Waals surface area contributed by atoms with E-state index in [4.69, 9.17) is 23.8 Å². The number of hydrogen-bond donors (Lipinski definition) is 2. The molecule has 3 aliphatic rings. The van der Waals surface area contributed by atoms with Gasteiger partial charge in [-0.3, -0.25) is 0 Å². The molecular weight excluding hydrogens is 446 g/mol. The fourth-order valence-corrected chi connectivity index (χ4v) is 6.12. The molecule has 1 aromatic carbocycles. The molecule has 0 spiro atoms. The Morgan fingerprint density at radius 3 is 2.61 bits per heavy atom. The minimum atomic E-state index is 0.0787. The molecule has 1 aliphatic heterocycles. The van der Waals surface area contributed by atoms with Crippen molar-refractivity contribution in [1.29, 1.82) is 0 Å². The Kier molecular flexibility index (Phi) is 6.67. The Morgan fingerprint density at radius 1 is 1.12 bits per heavy atom. The highest BCUT2D eigenvalue weighted by molar-refractivity contribution is 7.80. The summed E-state index contributed by atoms with van der Waals surface area (Å²) in [7, 11) is 0. The largest absolute Gasteiger partial charge is 0.360 e. The molecule has 2 heterocycles. The average Bonchev–Trinajstić information content (AvgIpc) is 3.05. The Balaban J connectivity index is 1.56. The molecule has 5 rings (SSSR count). The zero-order chi connectivity index (χ0) is 22.9. The third-order valence-electron chi connectivity index (χ3n) is 7.43. The summed E-state index contributed by atoms with van der Waals surface area (Å²) in [5, 5.41) is 7.87. The molecule has 2 N–H and O–H groups in total. The van der Waals surface area contributed by atoms with Gasteiger partial charge in [-0.1, -0.05) is 81.1 Å². The predicted molar refractivity (Wildman–Crippen MR) is 143 cm³/mol. The Labute approximate surface area is 207 Å². The molecule has 0 radical (unpaired) electrons. The van der Waals surface area contributed by atoms with Crippen LogP contribution in [0.4, 0.5) is 0 Å². The molecule has 1 unspecified atom stereocenters. The van der Waals surface area contributed by atoms with Gasteiger partial charge in [-0.05, 0) is 66.6 Å². The van der Waals surface area contributed by atoms with Crippen LogP contribution in [-0.2, 0) is 6.42 Å². The number of hydrogen-bond acceptors (Lipinski definition) is 1. The Bertz CT molecular complexity index is 1170. The molecule has 2 aliphatic carbocycles. The number of nitrogens with zero attached hydrogens (tertiary/aromatic N) is 1. The van der Waals surface area contributed by atoms with Crippen LogP contribution in [-0.4, -0.2) is 27.6 Å². The van der Waals surface area contributed by atoms with Gasteiger partial charge in [0, 0.05) is 33.9 Å². The second-order valence-corrected chi connectivity index (χ2v) is 10.8. The van der Waals surface area contributed by atoms with Crippen molar-refractivity contribution < 1.29 is 0 Å². The molecule has 5 heteroatoms. The van der Waals surface area contributed by atoms with E-state index in [0.717, 1.165) is 29.5 Å². The zero-order valence-corrected chi connectivity index (χ0v) is 21.2. The van der Waals surface area contributed by atoms with Crippen molar-refractivity contribution in [2.75, 3.05) is 6.54 Å². The van der Waals surface area contributed by atoms with Crippen LogP contribution < -0.4 is 15.9 Å². The van der Waals surface area contributed by atoms with E-state index in [1.807, 2.05) is 0 Å². The topological polar surface area (TPSA) is 31.1 Å². The smallest absolute Gasteiger partial charge is 0.170 e. The monoisotopic (exact) mass is 479 g/mol. The van der Waals surface area contributed by atoms with Crippen LogP contribution >= 0.6 is 23.8 Å². The fraction of sp³-hybridized carbons (Fsp3) is 0.464. The number of rotatable bonds is 3. The molecule has 0 bridgehead atoms. The summed E-state index contributed by atoms with van der Waals surface area (Å²) in [5.74, 6) is 0.519. The predicted octanol–water partition coefficient (Wildman–Crippen LogP) is 5.38. The molecule has 1 fully saturated rings. The maximum absolute atomic E-state index is 6.47. The van der Waals surface area contributed by atoms with E-state index in [1.165, 1.54) is 65.1 Å². The summed E-state index contributed by atoms with van der Waals surface area (Å²) in [6.07, 6.45) is 14.6. The van der Waals surface area contributed by atoms with Gasteiger partial charge < -0.3 is 15.2 Å². The van der Waals surface area contributed by atoms with Crippen LogP contribution in [0, 0.1) is 0 Å². The highest BCUT2D eigenvalue weighted by Crippen LogP contribution is 2.34. The minimum Gasteiger partial charge on any atom is -0.360 e. The van der Waals surface area contributed by atoms with Crippen molar-refractivity contribution in [3.8, 4) is 0 Å². The van der Waals surface area contributed by atoms with Gasteiger partial charge in [0.1, 0.15) is 0 Å². The first-order valence-corrected chi connectivity index (χ1v) is 13.2. The highest BCUT2D eigenvalue weighted by Gasteiger charge is 2.33. The van der Waals surface area contributed by atoms with Gasteiger partial charge in [0.05, 0.1) is 6.04 Å². The summed E-state index contributed by atoms with van der Waals surface area (Å²) in [5.41, 5.74) is 5.29. The number of thiocarbonyl (C=S) groups is 1. The van der Waals surface area contributed by atoms with Gasteiger partial charge in [0.15, 0.2) is 5.11 Å². The lowest BCUT2D eigenvalue weighted by molar-refractivity contribution is 0.315. The third kappa shape index (κ3) is 4.65. The van der Waals surface area contributed by atoms with Crippen molar-refractivity contribution in [3.63, 3.8) is 0 Å². The SMILES string of the molecule is CC(C)c1ccc(C2c3[nH]c4c(c3CCN2C(=S)NC2CCCCC2)=CC(Cl)=CCC=4)cc1. The van der Waals surface area contributed by atoms with Crippen LogP contribution in [0.2, 0.25) is 0 Å². The van der Waals surface area contributed by atoms with Gasteiger partial charge >= 0.3 is 0 Å². The molecular formula is C28H34ClN3S. The number of aromatic amines is 1. The Morgan fingerprint density at radius 2 is 1.88 bits per heavy atom. The van der Waals surface area contributed by atoms with Gasteiger partial charge in [0.2, 0.25) is 0 Å². The number of fused-ring (bicyclic) bond motifs is 3. The van der Waals surface area contributed by atoms with Crippen LogP contribution in [0.5, 0.6) is 0 Å². The third-order valence-corrected chi connectivity index (χ3v) is 8.04. The number of nitrogens with one attached hydrogen (secondary N) is 2. The summed E-state index contributed by atoms with van der Waals surface area (Å²) in [4.78, 5) is 6.19. The molecule has 1 atom stereocenters. The number of aromatic nitrogens is 1. The first kappa shape index (κ1) is 22.7. The standard InChI is InChI=1S/C28H34ClN3S/c1-18(2)19-11-13-20(14-12-19)27-26-23(24-17-21(29)7-6-10-25(24)31-26)15-16-32(27)28(33)30-22-8-4-3-5-9-22/h7,10-14,17-18,22,27,31H,3-6,8-9,15-16H2,1-2H3,(H,30,33). The van der Waals surface area contributed by atoms with Crippen molar-refractivity contribution in [1.82, 2.24) is 15.2 Å². The molecule has 174 valence electrons. The average molecular weight is 480 g/mol. The van der Waals surface area contributed by atoms with Gasteiger partial charge in [-0.15, -0.1) is 0 Å². The highest BCUT2D eigenvalue weighted by atomic mass is 35.5. The fourth-order valence-electron chi connectivity index (χ4n) is 5.56. The number of benzene rings is 1. The van der Waals surface area contributed by atoms with Crippen LogP contribution in [0.15, 0.2) is 35.4 Å². The van der Waals surface area contributed by atoms with Gasteiger partial charge in [-0.25, -0.2) is 0 Å². The van der Waals surface area contributed by atoms with E-state index >= 15 is 0 Å². The van der Waals surface area contributed by atoms with E-state index in [2.05, 4.69) is 71.5 Å². The zero-order valence-electron chi connectivity index (χ0n) is 19.7. The van der Waals surface area contributed by atoms with Crippen LogP contribution in [0.25, 0.3) is 12.2 Å². The number of H-pyrrole nitrogens is 1.